The lowest BCUT2D eigenvalue weighted by molar-refractivity contribution is -0.140. The van der Waals surface area contributed by atoms with E-state index in [4.69, 9.17) is 9.47 Å². The maximum atomic E-state index is 11.5. The molecule has 4 heteroatoms. The molecule has 1 aromatic heterocycles. The second kappa shape index (κ2) is 8.87. The lowest BCUT2D eigenvalue weighted by atomic mass is 10.1. The van der Waals surface area contributed by atoms with Crippen LogP contribution in [0.15, 0.2) is 66.7 Å². The van der Waals surface area contributed by atoms with E-state index >= 15 is 0 Å². The Labute approximate surface area is 164 Å². The molecule has 0 bridgehead atoms. The van der Waals surface area contributed by atoms with Gasteiger partial charge >= 0.3 is 5.97 Å². The van der Waals surface area contributed by atoms with E-state index in [1.165, 1.54) is 20.5 Å². The molecule has 0 aliphatic carbocycles. The van der Waals surface area contributed by atoms with Crippen LogP contribution >= 0.6 is 11.3 Å². The Morgan fingerprint density at radius 1 is 1.11 bits per heavy atom. The maximum Gasteiger partial charge on any atom is 0.333 e. The molecule has 2 aromatic carbocycles. The summed E-state index contributed by atoms with van der Waals surface area (Å²) in [5.41, 5.74) is 1.65. The molecule has 3 nitrogen and oxygen atoms in total. The first-order valence-electron chi connectivity index (χ1n) is 9.11. The number of hydrogen-bond donors (Lipinski definition) is 0. The predicted molar refractivity (Wildman–Crippen MR) is 112 cm³/mol. The summed E-state index contributed by atoms with van der Waals surface area (Å²) in [4.78, 5) is 12.8. The van der Waals surface area contributed by atoms with Crippen LogP contribution < -0.4 is 4.74 Å². The maximum absolute atomic E-state index is 11.5. The minimum Gasteiger partial charge on any atom is -0.493 e. The molecule has 0 saturated heterocycles. The molecule has 1 atom stereocenters. The first-order valence-corrected chi connectivity index (χ1v) is 9.93. The molecule has 0 aliphatic rings. The van der Waals surface area contributed by atoms with Gasteiger partial charge in [-0.3, -0.25) is 0 Å². The predicted octanol–water partition coefficient (Wildman–Crippen LogP) is 6.09. The van der Waals surface area contributed by atoms with Crippen LogP contribution in [-0.4, -0.2) is 19.2 Å². The normalized spacial score (nSPS) is 11.9. The van der Waals surface area contributed by atoms with E-state index in [-0.39, 0.29) is 11.9 Å². The molecule has 3 aromatic rings. The van der Waals surface area contributed by atoms with Gasteiger partial charge in [-0.15, -0.1) is 11.3 Å². The van der Waals surface area contributed by atoms with Crippen LogP contribution in [0.25, 0.3) is 20.5 Å². The molecule has 140 valence electrons. The molecule has 27 heavy (non-hydrogen) atoms. The molecule has 0 spiro atoms. The quantitative estimate of drug-likeness (QED) is 0.350. The molecular weight excluding hydrogens is 356 g/mol. The first kappa shape index (κ1) is 19.2. The minimum absolute atomic E-state index is 0.159. The fourth-order valence-electron chi connectivity index (χ4n) is 2.66. The molecule has 0 saturated carbocycles. The average molecular weight is 381 g/mol. The van der Waals surface area contributed by atoms with Gasteiger partial charge in [0.15, 0.2) is 0 Å². The summed E-state index contributed by atoms with van der Waals surface area (Å²) in [5, 5.41) is 1.22. The van der Waals surface area contributed by atoms with Gasteiger partial charge < -0.3 is 9.47 Å². The van der Waals surface area contributed by atoms with Gasteiger partial charge in [0.2, 0.25) is 0 Å². The fourth-order valence-corrected chi connectivity index (χ4v) is 3.76. The van der Waals surface area contributed by atoms with Crippen LogP contribution in [0.2, 0.25) is 0 Å². The van der Waals surface area contributed by atoms with Gasteiger partial charge in [-0.1, -0.05) is 43.8 Å². The highest BCUT2D eigenvalue weighted by Crippen LogP contribution is 2.35. The fraction of sp³-hybridized carbons (Fsp3) is 0.261. The molecule has 1 unspecified atom stereocenters. The summed E-state index contributed by atoms with van der Waals surface area (Å²) in [6.45, 7) is 8.18. The molecule has 0 amide bonds. The van der Waals surface area contributed by atoms with Gasteiger partial charge in [0.05, 0.1) is 13.2 Å². The Balaban J connectivity index is 1.64. The van der Waals surface area contributed by atoms with Crippen LogP contribution in [0.5, 0.6) is 5.75 Å². The van der Waals surface area contributed by atoms with E-state index in [0.717, 1.165) is 12.2 Å². The third-order valence-corrected chi connectivity index (χ3v) is 5.56. The molecule has 0 radical (unpaired) electrons. The third-order valence-electron chi connectivity index (χ3n) is 4.41. The van der Waals surface area contributed by atoms with Crippen molar-refractivity contribution in [2.45, 2.75) is 20.3 Å². The highest BCUT2D eigenvalue weighted by atomic mass is 32.1. The Kier molecular flexibility index (Phi) is 6.30. The Bertz CT molecular complexity index is 927. The summed E-state index contributed by atoms with van der Waals surface area (Å²) < 4.78 is 12.4. The van der Waals surface area contributed by atoms with E-state index in [0.29, 0.717) is 18.8 Å². The van der Waals surface area contributed by atoms with Gasteiger partial charge in [-0.25, -0.2) is 4.79 Å². The topological polar surface area (TPSA) is 35.5 Å². The largest absolute Gasteiger partial charge is 0.493 e. The Morgan fingerprint density at radius 3 is 2.59 bits per heavy atom. The minimum atomic E-state index is -0.345. The molecule has 0 aliphatic heterocycles. The molecule has 3 rings (SSSR count). The smallest absolute Gasteiger partial charge is 0.333 e. The van der Waals surface area contributed by atoms with Gasteiger partial charge in [0.1, 0.15) is 5.75 Å². The zero-order valence-electron chi connectivity index (χ0n) is 15.7. The molecular formula is C23H24O3S. The van der Waals surface area contributed by atoms with Crippen molar-refractivity contribution >= 4 is 27.4 Å². The number of benzene rings is 2. The number of hydrogen-bond acceptors (Lipinski definition) is 4. The highest BCUT2D eigenvalue weighted by molar-refractivity contribution is 7.22. The number of rotatable bonds is 8. The summed E-state index contributed by atoms with van der Waals surface area (Å²) in [6, 6.07) is 18.8. The average Bonchev–Trinajstić information content (AvgIpc) is 3.12. The van der Waals surface area contributed by atoms with Crippen molar-refractivity contribution in [3.05, 3.63) is 66.7 Å². The molecule has 1 heterocycles. The van der Waals surface area contributed by atoms with Gasteiger partial charge in [0, 0.05) is 21.1 Å². The number of carbonyl (C=O) groups is 1. The third kappa shape index (κ3) is 4.98. The summed E-state index contributed by atoms with van der Waals surface area (Å²) >= 11 is 1.76. The zero-order chi connectivity index (χ0) is 19.2. The summed E-state index contributed by atoms with van der Waals surface area (Å²) in [6.07, 6.45) is 0.878. The van der Waals surface area contributed by atoms with Crippen molar-refractivity contribution < 1.29 is 14.3 Å². The molecule has 0 fully saturated rings. The van der Waals surface area contributed by atoms with Gasteiger partial charge in [-0.05, 0) is 48.6 Å². The zero-order valence-corrected chi connectivity index (χ0v) is 16.6. The summed E-state index contributed by atoms with van der Waals surface area (Å²) in [7, 11) is 0. The van der Waals surface area contributed by atoms with Crippen molar-refractivity contribution in [1.29, 1.82) is 0 Å². The Morgan fingerprint density at radius 2 is 1.89 bits per heavy atom. The van der Waals surface area contributed by atoms with E-state index in [1.807, 2.05) is 12.1 Å². The SMILES string of the molecule is C=C(C)C(=O)OCC(CC)COc1ccc2cc(-c3ccccc3)sc2c1. The van der Waals surface area contributed by atoms with Crippen molar-refractivity contribution in [3.8, 4) is 16.2 Å². The van der Waals surface area contributed by atoms with Crippen LogP contribution in [0, 0.1) is 5.92 Å². The number of esters is 1. The number of thiophene rings is 1. The lowest BCUT2D eigenvalue weighted by Crippen LogP contribution is -2.20. The number of ether oxygens (including phenoxy) is 2. The first-order chi connectivity index (χ1) is 13.1. The second-order valence-electron chi connectivity index (χ2n) is 6.64. The van der Waals surface area contributed by atoms with E-state index < -0.39 is 0 Å². The Hall–Kier alpha value is -2.59. The van der Waals surface area contributed by atoms with E-state index in [9.17, 15) is 4.79 Å². The van der Waals surface area contributed by atoms with Crippen molar-refractivity contribution in [1.82, 2.24) is 0 Å². The monoisotopic (exact) mass is 380 g/mol. The second-order valence-corrected chi connectivity index (χ2v) is 7.72. The number of carbonyl (C=O) groups excluding carboxylic acids is 1. The van der Waals surface area contributed by atoms with Crippen LogP contribution in [0.3, 0.4) is 0 Å². The lowest BCUT2D eigenvalue weighted by Gasteiger charge is -2.16. The van der Waals surface area contributed by atoms with Crippen molar-refractivity contribution in [2.75, 3.05) is 13.2 Å². The number of fused-ring (bicyclic) bond motifs is 1. The van der Waals surface area contributed by atoms with E-state index in [1.54, 1.807) is 18.3 Å². The van der Waals surface area contributed by atoms with Crippen molar-refractivity contribution in [2.24, 2.45) is 5.92 Å². The van der Waals surface area contributed by atoms with Crippen LogP contribution in [0.4, 0.5) is 0 Å². The van der Waals surface area contributed by atoms with Crippen molar-refractivity contribution in [3.63, 3.8) is 0 Å². The molecule has 0 N–H and O–H groups in total. The summed E-state index contributed by atoms with van der Waals surface area (Å²) in [5.74, 6) is 0.655. The van der Waals surface area contributed by atoms with Crippen LogP contribution in [-0.2, 0) is 9.53 Å². The highest BCUT2D eigenvalue weighted by Gasteiger charge is 2.12. The van der Waals surface area contributed by atoms with Crippen LogP contribution in [0.1, 0.15) is 20.3 Å². The van der Waals surface area contributed by atoms with E-state index in [2.05, 4.69) is 56.0 Å². The van der Waals surface area contributed by atoms with Gasteiger partial charge in [-0.2, -0.15) is 0 Å². The standard InChI is InChI=1S/C23H24O3S/c1-4-17(15-26-23(24)16(2)3)14-25-20-11-10-19-12-21(27-22(19)13-20)18-8-6-5-7-9-18/h5-13,17H,2,4,14-15H2,1,3H3. The van der Waals surface area contributed by atoms with Gasteiger partial charge in [0.25, 0.3) is 0 Å².